The summed E-state index contributed by atoms with van der Waals surface area (Å²) in [6.07, 6.45) is 3.69. The Morgan fingerprint density at radius 2 is 1.86 bits per heavy atom. The van der Waals surface area contributed by atoms with E-state index in [1.165, 1.54) is 5.56 Å². The number of carbonyl (C=O) groups is 1. The lowest BCUT2D eigenvalue weighted by Crippen LogP contribution is -2.12. The second-order valence-electron chi connectivity index (χ2n) is 6.47. The Morgan fingerprint density at radius 1 is 1.00 bits per heavy atom. The predicted octanol–water partition coefficient (Wildman–Crippen LogP) is 4.11. The van der Waals surface area contributed by atoms with Gasteiger partial charge in [-0.1, -0.05) is 30.3 Å². The monoisotopic (exact) mass is 375 g/mol. The number of fused-ring (bicyclic) bond motifs is 1. The smallest absolute Gasteiger partial charge is 0.255 e. The van der Waals surface area contributed by atoms with Gasteiger partial charge in [-0.05, 0) is 48.7 Å². The maximum absolute atomic E-state index is 12.4. The lowest BCUT2D eigenvalue weighted by Gasteiger charge is -2.08. The van der Waals surface area contributed by atoms with Crippen molar-refractivity contribution in [2.45, 2.75) is 12.8 Å². The molecular weight excluding hydrogens is 354 g/mol. The maximum atomic E-state index is 12.4. The number of nitrogens with one attached hydrogen (secondary N) is 2. The molecule has 3 aromatic rings. The van der Waals surface area contributed by atoms with E-state index in [0.717, 1.165) is 25.2 Å². The quantitative estimate of drug-likeness (QED) is 0.608. The van der Waals surface area contributed by atoms with Crippen molar-refractivity contribution in [3.63, 3.8) is 0 Å². The molecule has 4 rings (SSSR count). The van der Waals surface area contributed by atoms with Gasteiger partial charge in [0.2, 0.25) is 6.79 Å². The standard InChI is InChI=1S/C22H21N3O3/c26-22(17-8-10-19-20(13-17)28-15-27-19)25-18-9-11-21(24-14-18)23-12-4-7-16-5-2-1-3-6-16/h1-3,5-6,8-11,13-14H,4,7,12,15H2,(H,23,24)(H,25,26). The lowest BCUT2D eigenvalue weighted by molar-refractivity contribution is 0.102. The van der Waals surface area contributed by atoms with E-state index in [0.29, 0.717) is 22.7 Å². The summed E-state index contributed by atoms with van der Waals surface area (Å²) in [5.74, 6) is 1.81. The zero-order valence-electron chi connectivity index (χ0n) is 15.4. The number of rotatable bonds is 7. The van der Waals surface area contributed by atoms with Gasteiger partial charge in [-0.2, -0.15) is 0 Å². The van der Waals surface area contributed by atoms with E-state index < -0.39 is 0 Å². The molecule has 2 aromatic carbocycles. The number of aryl methyl sites for hydroxylation is 1. The zero-order valence-corrected chi connectivity index (χ0v) is 15.4. The van der Waals surface area contributed by atoms with E-state index in [1.54, 1.807) is 24.4 Å². The SMILES string of the molecule is O=C(Nc1ccc(NCCCc2ccccc2)nc1)c1ccc2c(c1)OCO2. The van der Waals surface area contributed by atoms with Crippen molar-refractivity contribution in [1.82, 2.24) is 4.98 Å². The van der Waals surface area contributed by atoms with Crippen LogP contribution in [-0.4, -0.2) is 24.2 Å². The Kier molecular flexibility index (Phi) is 5.38. The van der Waals surface area contributed by atoms with Gasteiger partial charge in [0, 0.05) is 12.1 Å². The Bertz CT molecular complexity index is 943. The fourth-order valence-corrected chi connectivity index (χ4v) is 2.97. The minimum Gasteiger partial charge on any atom is -0.454 e. The van der Waals surface area contributed by atoms with E-state index in [1.807, 2.05) is 18.2 Å². The molecule has 1 aliphatic heterocycles. The first-order chi connectivity index (χ1) is 13.8. The van der Waals surface area contributed by atoms with E-state index >= 15 is 0 Å². The number of hydrogen-bond donors (Lipinski definition) is 2. The molecule has 0 fully saturated rings. The molecule has 0 aliphatic carbocycles. The highest BCUT2D eigenvalue weighted by atomic mass is 16.7. The van der Waals surface area contributed by atoms with Crippen molar-refractivity contribution in [3.8, 4) is 11.5 Å². The molecular formula is C22H21N3O3. The van der Waals surface area contributed by atoms with Crippen LogP contribution in [0.4, 0.5) is 11.5 Å². The van der Waals surface area contributed by atoms with E-state index in [2.05, 4.69) is 39.9 Å². The number of pyridine rings is 1. The van der Waals surface area contributed by atoms with Crippen molar-refractivity contribution < 1.29 is 14.3 Å². The van der Waals surface area contributed by atoms with Crippen LogP contribution >= 0.6 is 0 Å². The van der Waals surface area contributed by atoms with Crippen molar-refractivity contribution in [1.29, 1.82) is 0 Å². The van der Waals surface area contributed by atoms with Crippen LogP contribution < -0.4 is 20.1 Å². The molecule has 1 amide bonds. The molecule has 2 N–H and O–H groups in total. The summed E-state index contributed by atoms with van der Waals surface area (Å²) in [6.45, 7) is 1.02. The molecule has 0 radical (unpaired) electrons. The van der Waals surface area contributed by atoms with Gasteiger partial charge in [-0.25, -0.2) is 4.98 Å². The molecule has 2 heterocycles. The lowest BCUT2D eigenvalue weighted by atomic mass is 10.1. The van der Waals surface area contributed by atoms with Crippen LogP contribution in [0.25, 0.3) is 0 Å². The normalized spacial score (nSPS) is 11.9. The average Bonchev–Trinajstić information content (AvgIpc) is 3.21. The zero-order chi connectivity index (χ0) is 19.2. The van der Waals surface area contributed by atoms with Gasteiger partial charge in [0.05, 0.1) is 11.9 Å². The third-order valence-corrected chi connectivity index (χ3v) is 4.45. The maximum Gasteiger partial charge on any atom is 0.255 e. The topological polar surface area (TPSA) is 72.5 Å². The van der Waals surface area contributed by atoms with Gasteiger partial charge in [-0.15, -0.1) is 0 Å². The molecule has 142 valence electrons. The van der Waals surface area contributed by atoms with Crippen molar-refractivity contribution in [2.24, 2.45) is 0 Å². The molecule has 0 unspecified atom stereocenters. The minimum absolute atomic E-state index is 0.185. The molecule has 6 nitrogen and oxygen atoms in total. The number of amides is 1. The Labute approximate surface area is 163 Å². The summed E-state index contributed by atoms with van der Waals surface area (Å²) in [7, 11) is 0. The fourth-order valence-electron chi connectivity index (χ4n) is 2.97. The Hall–Kier alpha value is -3.54. The average molecular weight is 375 g/mol. The highest BCUT2D eigenvalue weighted by molar-refractivity contribution is 6.04. The summed E-state index contributed by atoms with van der Waals surface area (Å²) >= 11 is 0. The van der Waals surface area contributed by atoms with E-state index in [-0.39, 0.29) is 12.7 Å². The van der Waals surface area contributed by atoms with Gasteiger partial charge >= 0.3 is 0 Å². The Balaban J connectivity index is 1.26. The summed E-state index contributed by atoms with van der Waals surface area (Å²) in [5, 5.41) is 6.14. The molecule has 1 aromatic heterocycles. The molecule has 6 heteroatoms. The number of aromatic nitrogens is 1. The van der Waals surface area contributed by atoms with Gasteiger partial charge in [0.15, 0.2) is 11.5 Å². The third kappa shape index (κ3) is 4.40. The highest BCUT2D eigenvalue weighted by Crippen LogP contribution is 2.32. The molecule has 0 saturated carbocycles. The van der Waals surface area contributed by atoms with Crippen LogP contribution in [0.5, 0.6) is 11.5 Å². The molecule has 0 saturated heterocycles. The summed E-state index contributed by atoms with van der Waals surface area (Å²) in [5.41, 5.74) is 2.48. The number of ether oxygens (including phenoxy) is 2. The molecule has 0 spiro atoms. The van der Waals surface area contributed by atoms with Crippen molar-refractivity contribution >= 4 is 17.4 Å². The predicted molar refractivity (Wildman–Crippen MR) is 108 cm³/mol. The van der Waals surface area contributed by atoms with Gasteiger partial charge in [0.1, 0.15) is 5.82 Å². The first-order valence-corrected chi connectivity index (χ1v) is 9.23. The van der Waals surface area contributed by atoms with Gasteiger partial charge in [0.25, 0.3) is 5.91 Å². The first-order valence-electron chi connectivity index (χ1n) is 9.23. The highest BCUT2D eigenvalue weighted by Gasteiger charge is 2.16. The first kappa shape index (κ1) is 17.9. The number of carbonyl (C=O) groups excluding carboxylic acids is 1. The number of nitrogens with zero attached hydrogens (tertiary/aromatic N) is 1. The summed E-state index contributed by atoms with van der Waals surface area (Å²) in [6, 6.07) is 19.2. The third-order valence-electron chi connectivity index (χ3n) is 4.45. The van der Waals surface area contributed by atoms with Crippen LogP contribution in [0.3, 0.4) is 0 Å². The van der Waals surface area contributed by atoms with Crippen LogP contribution in [0, 0.1) is 0 Å². The van der Waals surface area contributed by atoms with Crippen LogP contribution in [0.2, 0.25) is 0 Å². The second kappa shape index (κ2) is 8.43. The molecule has 1 aliphatic rings. The number of hydrogen-bond acceptors (Lipinski definition) is 5. The number of anilines is 2. The van der Waals surface area contributed by atoms with E-state index in [4.69, 9.17) is 9.47 Å². The summed E-state index contributed by atoms with van der Waals surface area (Å²) < 4.78 is 10.6. The minimum atomic E-state index is -0.219. The summed E-state index contributed by atoms with van der Waals surface area (Å²) in [4.78, 5) is 16.8. The Morgan fingerprint density at radius 3 is 2.68 bits per heavy atom. The molecule has 0 bridgehead atoms. The van der Waals surface area contributed by atoms with E-state index in [9.17, 15) is 4.79 Å². The van der Waals surface area contributed by atoms with Crippen molar-refractivity contribution in [2.75, 3.05) is 24.0 Å². The van der Waals surface area contributed by atoms with Gasteiger partial charge in [-0.3, -0.25) is 4.79 Å². The fraction of sp³-hybridized carbons (Fsp3) is 0.182. The van der Waals surface area contributed by atoms with Crippen LogP contribution in [-0.2, 0) is 6.42 Å². The second-order valence-corrected chi connectivity index (χ2v) is 6.47. The number of benzene rings is 2. The van der Waals surface area contributed by atoms with Crippen LogP contribution in [0.15, 0.2) is 66.9 Å². The van der Waals surface area contributed by atoms with Crippen molar-refractivity contribution in [3.05, 3.63) is 78.0 Å². The van der Waals surface area contributed by atoms with Crippen LogP contribution in [0.1, 0.15) is 22.3 Å². The largest absolute Gasteiger partial charge is 0.454 e. The molecule has 0 atom stereocenters. The molecule has 28 heavy (non-hydrogen) atoms. The van der Waals surface area contributed by atoms with Gasteiger partial charge < -0.3 is 20.1 Å².